The number of nitrogens with zero attached hydrogens (tertiary/aromatic N) is 4. The molecule has 49 heavy (non-hydrogen) atoms. The normalized spacial score (nSPS) is 12.7. The molecule has 8 rings (SSSR count). The second kappa shape index (κ2) is 14.2. The molecule has 8 aromatic rings. The van der Waals surface area contributed by atoms with E-state index in [2.05, 4.69) is 38.1 Å². The van der Waals surface area contributed by atoms with E-state index in [1.807, 2.05) is 0 Å². The standard InChI is InChI=1S/C40H46N4O2S3/c1-3-5-7-9-11-12-13-14-16-18-20-26-24-30-38(48-26)42-36-28-22-21-27-31-32(28)34(40(46)44(30)36)49-33(31)39(45)43-29-23-25(47-37(29)41-35(27)43)19-17-15-10-8-6-4-2/h21-24H,3-20H2,1-2H3. The quantitative estimate of drug-likeness (QED) is 0.0656. The lowest BCUT2D eigenvalue weighted by Crippen LogP contribution is -2.12. The lowest BCUT2D eigenvalue weighted by Gasteiger charge is -2.05. The summed E-state index contributed by atoms with van der Waals surface area (Å²) in [5.74, 6) is 0. The van der Waals surface area contributed by atoms with Crippen LogP contribution in [0.25, 0.3) is 62.9 Å². The minimum absolute atomic E-state index is 0.0686. The summed E-state index contributed by atoms with van der Waals surface area (Å²) in [7, 11) is 0. The van der Waals surface area contributed by atoms with Crippen LogP contribution in [0.1, 0.15) is 126 Å². The number of hydrogen-bond acceptors (Lipinski definition) is 7. The van der Waals surface area contributed by atoms with Crippen LogP contribution in [0.3, 0.4) is 0 Å². The van der Waals surface area contributed by atoms with E-state index in [1.165, 1.54) is 124 Å². The summed E-state index contributed by atoms with van der Waals surface area (Å²) in [6.45, 7) is 4.52. The molecule has 0 atom stereocenters. The van der Waals surface area contributed by atoms with Crippen molar-refractivity contribution in [3.8, 4) is 0 Å². The molecule has 0 aliphatic carbocycles. The van der Waals surface area contributed by atoms with Crippen molar-refractivity contribution in [1.82, 2.24) is 18.8 Å². The van der Waals surface area contributed by atoms with Crippen LogP contribution < -0.4 is 11.1 Å². The molecule has 7 aromatic heterocycles. The molecule has 0 fully saturated rings. The first kappa shape index (κ1) is 33.0. The van der Waals surface area contributed by atoms with Gasteiger partial charge in [0.1, 0.15) is 30.4 Å². The molecule has 0 saturated carbocycles. The molecule has 0 aliphatic rings. The third kappa shape index (κ3) is 5.93. The van der Waals surface area contributed by atoms with E-state index < -0.39 is 0 Å². The number of aromatic nitrogens is 4. The first-order valence-electron chi connectivity index (χ1n) is 18.8. The highest BCUT2D eigenvalue weighted by Crippen LogP contribution is 2.42. The second-order valence-corrected chi connectivity index (χ2v) is 17.3. The van der Waals surface area contributed by atoms with Gasteiger partial charge in [0.25, 0.3) is 11.1 Å². The number of pyridine rings is 2. The first-order chi connectivity index (χ1) is 24.1. The Bertz CT molecular complexity index is 2500. The number of unbranched alkanes of at least 4 members (excludes halogenated alkanes) is 14. The van der Waals surface area contributed by atoms with Crippen molar-refractivity contribution >= 4 is 96.9 Å². The SMILES string of the molecule is CCCCCCCCCCCCc1cc2c(nc3c4ccc5c6c(sc(c(=O)n23)c46)c(=O)n2c3cc(CCCCCCCC)sc3nc52)s1. The Morgan fingerprint density at radius 1 is 0.531 bits per heavy atom. The van der Waals surface area contributed by atoms with E-state index in [4.69, 9.17) is 9.97 Å². The van der Waals surface area contributed by atoms with Gasteiger partial charge in [0.05, 0.1) is 11.0 Å². The van der Waals surface area contributed by atoms with Gasteiger partial charge in [-0.25, -0.2) is 9.97 Å². The topological polar surface area (TPSA) is 68.7 Å². The minimum atomic E-state index is -0.0703. The summed E-state index contributed by atoms with van der Waals surface area (Å²) in [5, 5.41) is 3.61. The molecular formula is C40H46N4O2S3. The van der Waals surface area contributed by atoms with E-state index in [-0.39, 0.29) is 11.1 Å². The summed E-state index contributed by atoms with van der Waals surface area (Å²) in [4.78, 5) is 42.9. The van der Waals surface area contributed by atoms with Gasteiger partial charge in [-0.2, -0.15) is 0 Å². The maximum absolute atomic E-state index is 14.2. The van der Waals surface area contributed by atoms with E-state index in [1.54, 1.807) is 31.5 Å². The van der Waals surface area contributed by atoms with Gasteiger partial charge in [-0.3, -0.25) is 18.4 Å². The van der Waals surface area contributed by atoms with Crippen molar-refractivity contribution in [3.63, 3.8) is 0 Å². The number of thiophene rings is 3. The molecule has 0 spiro atoms. The van der Waals surface area contributed by atoms with Gasteiger partial charge in [0, 0.05) is 31.3 Å². The van der Waals surface area contributed by atoms with Crippen LogP contribution in [0, 0.1) is 0 Å². The van der Waals surface area contributed by atoms with E-state index in [0.717, 1.165) is 55.1 Å². The Balaban J connectivity index is 1.07. The molecule has 0 amide bonds. The summed E-state index contributed by atoms with van der Waals surface area (Å²) in [5.41, 5.74) is 3.05. The lowest BCUT2D eigenvalue weighted by molar-refractivity contribution is 0.557. The largest absolute Gasteiger partial charge is 0.274 e. The van der Waals surface area contributed by atoms with Crippen LogP contribution in [0.2, 0.25) is 0 Å². The van der Waals surface area contributed by atoms with Crippen molar-refractivity contribution in [1.29, 1.82) is 0 Å². The monoisotopic (exact) mass is 710 g/mol. The molecule has 0 N–H and O–H groups in total. The Labute approximate surface area is 298 Å². The van der Waals surface area contributed by atoms with Crippen LogP contribution in [0.15, 0.2) is 33.9 Å². The molecule has 6 nitrogen and oxygen atoms in total. The summed E-state index contributed by atoms with van der Waals surface area (Å²) >= 11 is 4.78. The van der Waals surface area contributed by atoms with Gasteiger partial charge < -0.3 is 0 Å². The molecule has 9 heteroatoms. The Kier molecular flexibility index (Phi) is 9.60. The Morgan fingerprint density at radius 2 is 0.918 bits per heavy atom. The van der Waals surface area contributed by atoms with Crippen LogP contribution in [0.5, 0.6) is 0 Å². The van der Waals surface area contributed by atoms with Crippen molar-refractivity contribution in [3.05, 3.63) is 54.7 Å². The third-order valence-electron chi connectivity index (χ3n) is 10.5. The molecule has 0 aliphatic heterocycles. The number of rotatable bonds is 18. The number of fused-ring (bicyclic) bond motifs is 8. The highest BCUT2D eigenvalue weighted by Gasteiger charge is 2.26. The number of benzene rings is 1. The maximum atomic E-state index is 14.2. The Hall–Kier alpha value is -3.14. The molecule has 0 bridgehead atoms. The van der Waals surface area contributed by atoms with Crippen LogP contribution in [-0.4, -0.2) is 18.8 Å². The molecule has 7 heterocycles. The van der Waals surface area contributed by atoms with Gasteiger partial charge in [-0.15, -0.1) is 34.0 Å². The van der Waals surface area contributed by atoms with Gasteiger partial charge >= 0.3 is 0 Å². The fourth-order valence-corrected chi connectivity index (χ4v) is 11.2. The highest BCUT2D eigenvalue weighted by molar-refractivity contribution is 7.26. The van der Waals surface area contributed by atoms with E-state index in [0.29, 0.717) is 20.7 Å². The van der Waals surface area contributed by atoms with Crippen LogP contribution >= 0.6 is 34.0 Å². The van der Waals surface area contributed by atoms with Gasteiger partial charge in [-0.05, 0) is 49.9 Å². The van der Waals surface area contributed by atoms with Crippen molar-refractivity contribution < 1.29 is 0 Å². The fourth-order valence-electron chi connectivity index (χ4n) is 7.88. The molecule has 1 aromatic carbocycles. The predicted molar refractivity (Wildman–Crippen MR) is 213 cm³/mol. The summed E-state index contributed by atoms with van der Waals surface area (Å²) in [6.07, 6.45) is 22.9. The summed E-state index contributed by atoms with van der Waals surface area (Å²) < 4.78 is 4.88. The average molecular weight is 711 g/mol. The molecule has 0 radical (unpaired) electrons. The molecular weight excluding hydrogens is 665 g/mol. The van der Waals surface area contributed by atoms with Gasteiger partial charge in [0.15, 0.2) is 0 Å². The predicted octanol–water partition coefficient (Wildman–Crippen LogP) is 11.9. The summed E-state index contributed by atoms with van der Waals surface area (Å²) in [6, 6.07) is 8.53. The zero-order valence-electron chi connectivity index (χ0n) is 28.9. The van der Waals surface area contributed by atoms with Crippen molar-refractivity contribution in [2.75, 3.05) is 0 Å². The number of imidazole rings is 2. The molecule has 256 valence electrons. The van der Waals surface area contributed by atoms with E-state index in [9.17, 15) is 9.59 Å². The lowest BCUT2D eigenvalue weighted by atomic mass is 10.0. The third-order valence-corrected chi connectivity index (χ3v) is 13.8. The minimum Gasteiger partial charge on any atom is -0.267 e. The number of hydrogen-bond donors (Lipinski definition) is 0. The molecule has 0 saturated heterocycles. The van der Waals surface area contributed by atoms with Crippen LogP contribution in [-0.2, 0) is 12.8 Å². The highest BCUT2D eigenvalue weighted by atomic mass is 32.1. The Morgan fingerprint density at radius 3 is 1.33 bits per heavy atom. The number of aryl methyl sites for hydroxylation is 2. The first-order valence-corrected chi connectivity index (χ1v) is 21.3. The average Bonchev–Trinajstić information content (AvgIpc) is 3.91. The van der Waals surface area contributed by atoms with Crippen LogP contribution in [0.4, 0.5) is 0 Å². The smallest absolute Gasteiger partial charge is 0.267 e. The maximum Gasteiger partial charge on any atom is 0.274 e. The molecule has 0 unspecified atom stereocenters. The second-order valence-electron chi connectivity index (χ2n) is 14.1. The van der Waals surface area contributed by atoms with Crippen molar-refractivity contribution in [2.24, 2.45) is 0 Å². The fraction of sp³-hybridized carbons (Fsp3) is 0.500. The van der Waals surface area contributed by atoms with Gasteiger partial charge in [-0.1, -0.05) is 104 Å². The van der Waals surface area contributed by atoms with Gasteiger partial charge in [0.2, 0.25) is 0 Å². The van der Waals surface area contributed by atoms with Crippen molar-refractivity contribution in [2.45, 2.75) is 129 Å². The van der Waals surface area contributed by atoms with E-state index >= 15 is 0 Å². The zero-order chi connectivity index (χ0) is 33.5. The zero-order valence-corrected chi connectivity index (χ0v) is 31.3.